The van der Waals surface area contributed by atoms with Gasteiger partial charge in [-0.25, -0.2) is 0 Å². The Balaban J connectivity index is 2.76. The van der Waals surface area contributed by atoms with Gasteiger partial charge < -0.3 is 19.5 Å². The lowest BCUT2D eigenvalue weighted by Gasteiger charge is -2.23. The van der Waals surface area contributed by atoms with Gasteiger partial charge in [0.05, 0.1) is 20.6 Å². The van der Waals surface area contributed by atoms with E-state index in [2.05, 4.69) is 21.2 Å². The van der Waals surface area contributed by atoms with E-state index in [9.17, 15) is 9.59 Å². The van der Waals surface area contributed by atoms with Crippen molar-refractivity contribution in [2.45, 2.75) is 45.8 Å². The summed E-state index contributed by atoms with van der Waals surface area (Å²) in [6, 6.07) is 3.42. The lowest BCUT2D eigenvalue weighted by molar-refractivity contribution is -0.154. The largest absolute Gasteiger partial charge is 0.493 e. The molecule has 6 nitrogen and oxygen atoms in total. The Labute approximate surface area is 151 Å². The van der Waals surface area contributed by atoms with Crippen molar-refractivity contribution in [3.8, 4) is 11.5 Å². The summed E-state index contributed by atoms with van der Waals surface area (Å²) >= 11 is 3.39. The molecule has 0 radical (unpaired) electrons. The number of carbonyl (C=O) groups is 2. The number of esters is 1. The molecule has 0 saturated carbocycles. The maximum Gasteiger partial charge on any atom is 0.311 e. The first-order valence-corrected chi connectivity index (χ1v) is 8.28. The van der Waals surface area contributed by atoms with E-state index in [4.69, 9.17) is 14.2 Å². The molecule has 0 unspecified atom stereocenters. The molecule has 0 heterocycles. The number of hydrogen-bond acceptors (Lipinski definition) is 5. The Bertz CT molecular complexity index is 610. The number of amides is 1. The highest BCUT2D eigenvalue weighted by Gasteiger charge is 2.23. The predicted molar refractivity (Wildman–Crippen MR) is 94.4 cm³/mol. The highest BCUT2D eigenvalue weighted by Crippen LogP contribution is 2.33. The first-order valence-electron chi connectivity index (χ1n) is 7.49. The van der Waals surface area contributed by atoms with E-state index >= 15 is 0 Å². The molecule has 1 aromatic rings. The standard InChI is InChI=1S/C17H24BrNO5/c1-10(16(21)19-17(2,3)4)24-15(20)8-11-7-13(22-5)14(23-6)9-12(11)18/h7,9-10H,8H2,1-6H3,(H,19,21)/t10-/m0/s1. The first kappa shape index (κ1) is 20.3. The quantitative estimate of drug-likeness (QED) is 0.741. The van der Waals surface area contributed by atoms with Crippen LogP contribution < -0.4 is 14.8 Å². The average molecular weight is 402 g/mol. The van der Waals surface area contributed by atoms with E-state index in [-0.39, 0.29) is 17.9 Å². The van der Waals surface area contributed by atoms with Crippen molar-refractivity contribution < 1.29 is 23.8 Å². The van der Waals surface area contributed by atoms with Crippen molar-refractivity contribution in [2.75, 3.05) is 14.2 Å². The van der Waals surface area contributed by atoms with Crippen LogP contribution in [0.2, 0.25) is 0 Å². The normalized spacial score (nSPS) is 12.3. The number of rotatable bonds is 6. The Morgan fingerprint density at radius 2 is 1.71 bits per heavy atom. The summed E-state index contributed by atoms with van der Waals surface area (Å²) in [5.74, 6) is 0.239. The number of nitrogens with one attached hydrogen (secondary N) is 1. The molecule has 0 spiro atoms. The highest BCUT2D eigenvalue weighted by molar-refractivity contribution is 9.10. The van der Waals surface area contributed by atoms with Crippen LogP contribution in [0.15, 0.2) is 16.6 Å². The molecule has 0 aliphatic heterocycles. The molecule has 134 valence electrons. The lowest BCUT2D eigenvalue weighted by Crippen LogP contribution is -2.46. The fourth-order valence-electron chi connectivity index (χ4n) is 1.95. The van der Waals surface area contributed by atoms with Gasteiger partial charge in [0.25, 0.3) is 5.91 Å². The Kier molecular flexibility index (Phi) is 7.08. The van der Waals surface area contributed by atoms with Crippen molar-refractivity contribution in [2.24, 2.45) is 0 Å². The minimum atomic E-state index is -0.865. The van der Waals surface area contributed by atoms with Crippen LogP contribution in [0.1, 0.15) is 33.3 Å². The van der Waals surface area contributed by atoms with E-state index < -0.39 is 12.1 Å². The van der Waals surface area contributed by atoms with Crippen LogP contribution in [0.5, 0.6) is 11.5 Å². The van der Waals surface area contributed by atoms with Crippen molar-refractivity contribution in [1.29, 1.82) is 0 Å². The van der Waals surface area contributed by atoms with E-state index in [0.29, 0.717) is 21.5 Å². The topological polar surface area (TPSA) is 73.9 Å². The summed E-state index contributed by atoms with van der Waals surface area (Å²) in [6.45, 7) is 7.13. The molecule has 0 saturated heterocycles. The van der Waals surface area contributed by atoms with Gasteiger partial charge in [0, 0.05) is 10.0 Å². The summed E-state index contributed by atoms with van der Waals surface area (Å²) in [4.78, 5) is 24.1. The SMILES string of the molecule is COc1cc(Br)c(CC(=O)O[C@@H](C)C(=O)NC(C)(C)C)cc1OC. The zero-order valence-corrected chi connectivity index (χ0v) is 16.4. The zero-order valence-electron chi connectivity index (χ0n) is 14.9. The minimum Gasteiger partial charge on any atom is -0.493 e. The van der Waals surface area contributed by atoms with E-state index in [1.165, 1.54) is 14.2 Å². The third-order valence-electron chi connectivity index (χ3n) is 3.06. The Morgan fingerprint density at radius 3 is 2.21 bits per heavy atom. The number of methoxy groups -OCH3 is 2. The van der Waals surface area contributed by atoms with Crippen LogP contribution in [0.25, 0.3) is 0 Å². The zero-order chi connectivity index (χ0) is 18.5. The van der Waals surface area contributed by atoms with Crippen LogP contribution in [0.4, 0.5) is 0 Å². The summed E-state index contributed by atoms with van der Waals surface area (Å²) in [5, 5.41) is 2.77. The Hall–Kier alpha value is -1.76. The molecular weight excluding hydrogens is 378 g/mol. The van der Waals surface area contributed by atoms with Gasteiger partial charge in [-0.1, -0.05) is 15.9 Å². The second-order valence-electron chi connectivity index (χ2n) is 6.35. The van der Waals surface area contributed by atoms with Crippen LogP contribution in [0, 0.1) is 0 Å². The monoisotopic (exact) mass is 401 g/mol. The van der Waals surface area contributed by atoms with Crippen molar-refractivity contribution in [1.82, 2.24) is 5.32 Å². The molecule has 0 aliphatic carbocycles. The second kappa shape index (κ2) is 8.37. The fraction of sp³-hybridized carbons (Fsp3) is 0.529. The molecule has 0 aromatic heterocycles. The number of hydrogen-bond donors (Lipinski definition) is 1. The van der Waals surface area contributed by atoms with Crippen molar-refractivity contribution >= 4 is 27.8 Å². The third-order valence-corrected chi connectivity index (χ3v) is 3.80. The van der Waals surface area contributed by atoms with Crippen molar-refractivity contribution in [3.05, 3.63) is 22.2 Å². The van der Waals surface area contributed by atoms with Crippen LogP contribution >= 0.6 is 15.9 Å². The smallest absolute Gasteiger partial charge is 0.311 e. The van der Waals surface area contributed by atoms with Gasteiger partial charge >= 0.3 is 5.97 Å². The number of halogens is 1. The summed E-state index contributed by atoms with van der Waals surface area (Å²) in [5.41, 5.74) is 0.297. The lowest BCUT2D eigenvalue weighted by atomic mass is 10.1. The van der Waals surface area contributed by atoms with Crippen LogP contribution in [0.3, 0.4) is 0 Å². The average Bonchev–Trinajstić information content (AvgIpc) is 2.46. The predicted octanol–water partition coefficient (Wildman–Crippen LogP) is 2.86. The van der Waals surface area contributed by atoms with Gasteiger partial charge in [-0.3, -0.25) is 9.59 Å². The highest BCUT2D eigenvalue weighted by atomic mass is 79.9. The second-order valence-corrected chi connectivity index (χ2v) is 7.20. The maximum atomic E-state index is 12.1. The van der Waals surface area contributed by atoms with Gasteiger partial charge in [0.2, 0.25) is 0 Å². The number of carbonyl (C=O) groups excluding carboxylic acids is 2. The fourth-order valence-corrected chi connectivity index (χ4v) is 2.41. The van der Waals surface area contributed by atoms with Gasteiger partial charge in [-0.05, 0) is 45.4 Å². The molecule has 0 fully saturated rings. The number of benzene rings is 1. The van der Waals surface area contributed by atoms with Crippen LogP contribution in [-0.2, 0) is 20.7 Å². The Morgan fingerprint density at radius 1 is 1.17 bits per heavy atom. The van der Waals surface area contributed by atoms with E-state index in [1.807, 2.05) is 20.8 Å². The van der Waals surface area contributed by atoms with Gasteiger partial charge in [-0.15, -0.1) is 0 Å². The van der Waals surface area contributed by atoms with E-state index in [0.717, 1.165) is 0 Å². The summed E-state index contributed by atoms with van der Waals surface area (Å²) in [7, 11) is 3.06. The van der Waals surface area contributed by atoms with E-state index in [1.54, 1.807) is 19.1 Å². The summed E-state index contributed by atoms with van der Waals surface area (Å²) < 4.78 is 16.3. The molecule has 24 heavy (non-hydrogen) atoms. The van der Waals surface area contributed by atoms with Gasteiger partial charge in [0.1, 0.15) is 0 Å². The number of ether oxygens (including phenoxy) is 3. The molecule has 1 rings (SSSR count). The molecule has 7 heteroatoms. The molecule has 1 N–H and O–H groups in total. The molecule has 0 bridgehead atoms. The van der Waals surface area contributed by atoms with Gasteiger partial charge in [-0.2, -0.15) is 0 Å². The molecule has 1 amide bonds. The first-order chi connectivity index (χ1) is 11.1. The van der Waals surface area contributed by atoms with Gasteiger partial charge in [0.15, 0.2) is 17.6 Å². The summed E-state index contributed by atoms with van der Waals surface area (Å²) in [6.07, 6.45) is -0.857. The molecular formula is C17H24BrNO5. The minimum absolute atomic E-state index is 0.00801. The van der Waals surface area contributed by atoms with Crippen molar-refractivity contribution in [3.63, 3.8) is 0 Å². The maximum absolute atomic E-state index is 12.1. The van der Waals surface area contributed by atoms with Crippen LogP contribution in [-0.4, -0.2) is 37.7 Å². The molecule has 1 aromatic carbocycles. The third kappa shape index (κ3) is 6.03. The molecule has 0 aliphatic rings. The molecule has 1 atom stereocenters.